The first-order chi connectivity index (χ1) is 11.8. The normalized spacial score (nSPS) is 20.5. The number of rotatable bonds is 3. The van der Waals surface area contributed by atoms with E-state index in [0.29, 0.717) is 11.7 Å². The Morgan fingerprint density at radius 2 is 1.83 bits per heavy atom. The minimum Gasteiger partial charge on any atom is -0.497 e. The number of nitrogens with zero attached hydrogens (tertiary/aromatic N) is 1. The highest BCUT2D eigenvalue weighted by Gasteiger charge is 2.43. The molecule has 4 heteroatoms. The van der Waals surface area contributed by atoms with E-state index in [2.05, 4.69) is 4.99 Å². The summed E-state index contributed by atoms with van der Waals surface area (Å²) in [6, 6.07) is 17.2. The fraction of sp³-hybridized carbons (Fsp3) is 0.100. The van der Waals surface area contributed by atoms with Crippen LogP contribution in [-0.2, 0) is 9.53 Å². The van der Waals surface area contributed by atoms with Crippen LogP contribution < -0.4 is 4.74 Å². The van der Waals surface area contributed by atoms with Gasteiger partial charge in [-0.2, -0.15) is 0 Å². The van der Waals surface area contributed by atoms with Crippen molar-refractivity contribution in [1.82, 2.24) is 0 Å². The molecule has 0 spiro atoms. The highest BCUT2D eigenvalue weighted by Crippen LogP contribution is 2.38. The number of ketones is 1. The zero-order valence-electron chi connectivity index (χ0n) is 13.1. The second kappa shape index (κ2) is 5.81. The number of carbonyl (C=O) groups is 1. The van der Waals surface area contributed by atoms with Gasteiger partial charge in [-0.3, -0.25) is 4.79 Å². The van der Waals surface area contributed by atoms with Crippen LogP contribution in [0.15, 0.2) is 71.5 Å². The van der Waals surface area contributed by atoms with Gasteiger partial charge in [0.05, 0.1) is 7.11 Å². The van der Waals surface area contributed by atoms with E-state index in [9.17, 15) is 4.79 Å². The van der Waals surface area contributed by atoms with Crippen molar-refractivity contribution < 1.29 is 14.3 Å². The monoisotopic (exact) mass is 317 g/mol. The van der Waals surface area contributed by atoms with Crippen molar-refractivity contribution in [1.29, 1.82) is 0 Å². The average molecular weight is 317 g/mol. The Labute approximate surface area is 139 Å². The lowest BCUT2D eigenvalue weighted by Gasteiger charge is -2.08. The zero-order chi connectivity index (χ0) is 16.5. The van der Waals surface area contributed by atoms with Gasteiger partial charge in [0.25, 0.3) is 0 Å². The lowest BCUT2D eigenvalue weighted by molar-refractivity contribution is -0.116. The summed E-state index contributed by atoms with van der Waals surface area (Å²) in [6.45, 7) is 0. The standard InChI is InChI=1S/C20H15NO3/c1-23-15-9-7-14(8-10-15)16-12-21-20-18(16)19(22)17(24-20)11-13-5-3-2-4-6-13/h2-12,18H,1H3/b17-11-. The van der Waals surface area contributed by atoms with E-state index in [-0.39, 0.29) is 5.78 Å². The Bertz CT molecular complexity index is 877. The lowest BCUT2D eigenvalue weighted by atomic mass is 9.91. The number of hydrogen-bond donors (Lipinski definition) is 0. The molecule has 2 heterocycles. The fourth-order valence-electron chi connectivity index (χ4n) is 2.89. The molecule has 4 rings (SSSR count). The van der Waals surface area contributed by atoms with Crippen LogP contribution >= 0.6 is 0 Å². The van der Waals surface area contributed by atoms with Crippen LogP contribution in [0.5, 0.6) is 5.75 Å². The van der Waals surface area contributed by atoms with Crippen molar-refractivity contribution in [2.24, 2.45) is 10.9 Å². The Morgan fingerprint density at radius 1 is 1.08 bits per heavy atom. The number of benzene rings is 2. The minimum atomic E-state index is -0.451. The predicted molar refractivity (Wildman–Crippen MR) is 92.4 cm³/mol. The van der Waals surface area contributed by atoms with E-state index >= 15 is 0 Å². The second-order valence-electron chi connectivity index (χ2n) is 5.60. The average Bonchev–Trinajstić information content (AvgIpc) is 3.17. The highest BCUT2D eigenvalue weighted by atomic mass is 16.5. The van der Waals surface area contributed by atoms with E-state index in [0.717, 1.165) is 22.4 Å². The first kappa shape index (κ1) is 14.5. The molecule has 1 fully saturated rings. The van der Waals surface area contributed by atoms with E-state index in [4.69, 9.17) is 9.47 Å². The molecule has 2 aromatic rings. The molecule has 0 aliphatic carbocycles. The number of aliphatic imine (C=N–C) groups is 1. The van der Waals surface area contributed by atoms with Crippen molar-refractivity contribution in [2.45, 2.75) is 0 Å². The molecule has 0 bridgehead atoms. The molecule has 24 heavy (non-hydrogen) atoms. The number of allylic oxidation sites excluding steroid dienone is 1. The van der Waals surface area contributed by atoms with Crippen molar-refractivity contribution >= 4 is 23.3 Å². The SMILES string of the molecule is COc1ccc(C2=CN=C3O/C(=C\c4ccccc4)C(=O)C23)cc1. The van der Waals surface area contributed by atoms with Gasteiger partial charge in [0.1, 0.15) is 11.7 Å². The van der Waals surface area contributed by atoms with Gasteiger partial charge in [-0.25, -0.2) is 4.99 Å². The van der Waals surface area contributed by atoms with Gasteiger partial charge in [0.2, 0.25) is 11.7 Å². The van der Waals surface area contributed by atoms with Crippen LogP contribution in [0.2, 0.25) is 0 Å². The number of fused-ring (bicyclic) bond motifs is 1. The van der Waals surface area contributed by atoms with E-state index in [1.807, 2.05) is 54.6 Å². The first-order valence-corrected chi connectivity index (χ1v) is 7.67. The molecule has 1 atom stereocenters. The van der Waals surface area contributed by atoms with Crippen LogP contribution in [0, 0.1) is 5.92 Å². The molecule has 118 valence electrons. The van der Waals surface area contributed by atoms with Crippen molar-refractivity contribution in [2.75, 3.05) is 7.11 Å². The Hall–Kier alpha value is -3.14. The van der Waals surface area contributed by atoms with Crippen LogP contribution in [-0.4, -0.2) is 18.8 Å². The third-order valence-electron chi connectivity index (χ3n) is 4.13. The Morgan fingerprint density at radius 3 is 2.54 bits per heavy atom. The smallest absolute Gasteiger partial charge is 0.214 e. The number of hydrogen-bond acceptors (Lipinski definition) is 4. The van der Waals surface area contributed by atoms with E-state index in [1.54, 1.807) is 19.4 Å². The molecule has 0 N–H and O–H groups in total. The quantitative estimate of drug-likeness (QED) is 0.811. The maximum Gasteiger partial charge on any atom is 0.214 e. The number of methoxy groups -OCH3 is 1. The van der Waals surface area contributed by atoms with Gasteiger partial charge in [-0.1, -0.05) is 42.5 Å². The fourth-order valence-corrected chi connectivity index (χ4v) is 2.89. The summed E-state index contributed by atoms with van der Waals surface area (Å²) in [7, 11) is 1.63. The third-order valence-corrected chi connectivity index (χ3v) is 4.13. The molecule has 2 aliphatic rings. The largest absolute Gasteiger partial charge is 0.497 e. The van der Waals surface area contributed by atoms with Gasteiger partial charge in [-0.05, 0) is 34.9 Å². The molecule has 0 amide bonds. The van der Waals surface area contributed by atoms with Gasteiger partial charge in [-0.15, -0.1) is 0 Å². The molecule has 0 radical (unpaired) electrons. The van der Waals surface area contributed by atoms with Gasteiger partial charge in [0.15, 0.2) is 5.76 Å². The summed E-state index contributed by atoms with van der Waals surface area (Å²) in [4.78, 5) is 17.0. The highest BCUT2D eigenvalue weighted by molar-refractivity contribution is 6.24. The summed E-state index contributed by atoms with van der Waals surface area (Å²) in [5.41, 5.74) is 2.72. The van der Waals surface area contributed by atoms with Crippen LogP contribution in [0.3, 0.4) is 0 Å². The van der Waals surface area contributed by atoms with Crippen molar-refractivity contribution in [3.8, 4) is 5.75 Å². The molecular formula is C20H15NO3. The first-order valence-electron chi connectivity index (χ1n) is 7.67. The summed E-state index contributed by atoms with van der Waals surface area (Å²) >= 11 is 0. The number of Topliss-reactive ketones (excluding diaryl/α,β-unsaturated/α-hetero) is 1. The molecule has 0 aromatic heterocycles. The topological polar surface area (TPSA) is 47.9 Å². The van der Waals surface area contributed by atoms with Gasteiger partial charge < -0.3 is 9.47 Å². The molecule has 0 saturated carbocycles. The predicted octanol–water partition coefficient (Wildman–Crippen LogP) is 3.70. The molecular weight excluding hydrogens is 302 g/mol. The summed E-state index contributed by atoms with van der Waals surface area (Å²) in [6.07, 6.45) is 3.47. The van der Waals surface area contributed by atoms with Crippen molar-refractivity contribution in [3.05, 3.63) is 77.7 Å². The van der Waals surface area contributed by atoms with E-state index < -0.39 is 5.92 Å². The van der Waals surface area contributed by atoms with Gasteiger partial charge in [0, 0.05) is 6.20 Å². The van der Waals surface area contributed by atoms with Crippen LogP contribution in [0.1, 0.15) is 11.1 Å². The zero-order valence-corrected chi connectivity index (χ0v) is 13.1. The molecule has 2 aliphatic heterocycles. The molecule has 2 aromatic carbocycles. The Kier molecular flexibility index (Phi) is 3.50. The number of ether oxygens (including phenoxy) is 2. The second-order valence-corrected chi connectivity index (χ2v) is 5.60. The molecule has 1 unspecified atom stereocenters. The summed E-state index contributed by atoms with van der Waals surface area (Å²) in [5.74, 6) is 1.06. The summed E-state index contributed by atoms with van der Waals surface area (Å²) in [5, 5.41) is 0. The maximum absolute atomic E-state index is 12.8. The third kappa shape index (κ3) is 2.42. The minimum absolute atomic E-state index is 0.0582. The maximum atomic E-state index is 12.8. The lowest BCUT2D eigenvalue weighted by Crippen LogP contribution is -2.13. The molecule has 1 saturated heterocycles. The van der Waals surface area contributed by atoms with Crippen LogP contribution in [0.25, 0.3) is 11.6 Å². The number of carbonyl (C=O) groups excluding carboxylic acids is 1. The molecule has 4 nitrogen and oxygen atoms in total. The van der Waals surface area contributed by atoms with Gasteiger partial charge >= 0.3 is 0 Å². The van der Waals surface area contributed by atoms with Crippen LogP contribution in [0.4, 0.5) is 0 Å². The van der Waals surface area contributed by atoms with Crippen molar-refractivity contribution in [3.63, 3.8) is 0 Å². The summed E-state index contributed by atoms with van der Waals surface area (Å²) < 4.78 is 10.9. The Balaban J connectivity index is 1.62. The van der Waals surface area contributed by atoms with E-state index in [1.165, 1.54) is 0 Å².